The molecule has 86 valence electrons. The first-order chi connectivity index (χ1) is 7.20. The van der Waals surface area contributed by atoms with Crippen LogP contribution in [0.3, 0.4) is 0 Å². The van der Waals surface area contributed by atoms with Crippen LogP contribution >= 0.6 is 0 Å². The fourth-order valence-electron chi connectivity index (χ4n) is 1.76. The van der Waals surface area contributed by atoms with E-state index in [2.05, 4.69) is 5.32 Å². The lowest BCUT2D eigenvalue weighted by molar-refractivity contribution is -0.145. The van der Waals surface area contributed by atoms with E-state index in [9.17, 15) is 9.59 Å². The van der Waals surface area contributed by atoms with Gasteiger partial charge in [0.25, 0.3) is 0 Å². The molecule has 1 fully saturated rings. The maximum absolute atomic E-state index is 11.6. The fourth-order valence-corrected chi connectivity index (χ4v) is 1.76. The summed E-state index contributed by atoms with van der Waals surface area (Å²) in [6.07, 6.45) is 1.43. The highest BCUT2D eigenvalue weighted by Crippen LogP contribution is 2.09. The molecule has 0 radical (unpaired) electrons. The van der Waals surface area contributed by atoms with E-state index in [-0.39, 0.29) is 24.4 Å². The molecule has 0 aliphatic carbocycles. The Labute approximate surface area is 89.8 Å². The summed E-state index contributed by atoms with van der Waals surface area (Å²) in [6.45, 7) is 3.24. The van der Waals surface area contributed by atoms with Crippen molar-refractivity contribution in [1.29, 1.82) is 0 Å². The minimum absolute atomic E-state index is 0.00227. The molecule has 1 aliphatic heterocycles. The van der Waals surface area contributed by atoms with Crippen LogP contribution in [0, 0.1) is 0 Å². The topological polar surface area (TPSA) is 58.6 Å². The van der Waals surface area contributed by atoms with E-state index in [4.69, 9.17) is 4.74 Å². The first-order valence-corrected chi connectivity index (χ1v) is 5.26. The molecule has 0 aromatic rings. The Morgan fingerprint density at radius 1 is 1.53 bits per heavy atom. The third-order valence-electron chi connectivity index (χ3n) is 2.55. The van der Waals surface area contributed by atoms with E-state index < -0.39 is 0 Å². The van der Waals surface area contributed by atoms with Crippen LogP contribution in [0.25, 0.3) is 0 Å². The van der Waals surface area contributed by atoms with Crippen LogP contribution in [-0.4, -0.2) is 49.6 Å². The number of rotatable bonds is 5. The molecule has 5 heteroatoms. The van der Waals surface area contributed by atoms with Crippen molar-refractivity contribution in [3.05, 3.63) is 0 Å². The highest BCUT2D eigenvalue weighted by atomic mass is 16.5. The molecule has 1 N–H and O–H groups in total. The number of nitrogens with zero attached hydrogens (tertiary/aromatic N) is 1. The maximum atomic E-state index is 11.6. The largest absolute Gasteiger partial charge is 0.385 e. The maximum Gasteiger partial charge on any atom is 0.243 e. The summed E-state index contributed by atoms with van der Waals surface area (Å²) < 4.78 is 4.93. The van der Waals surface area contributed by atoms with Crippen molar-refractivity contribution >= 4 is 11.8 Å². The van der Waals surface area contributed by atoms with Gasteiger partial charge < -0.3 is 15.0 Å². The summed E-state index contributed by atoms with van der Waals surface area (Å²) in [5, 5.41) is 2.59. The van der Waals surface area contributed by atoms with Gasteiger partial charge in [-0.3, -0.25) is 9.59 Å². The minimum atomic E-state index is -0.303. The molecule has 0 aromatic heterocycles. The van der Waals surface area contributed by atoms with Crippen LogP contribution in [0.2, 0.25) is 0 Å². The van der Waals surface area contributed by atoms with Gasteiger partial charge in [-0.15, -0.1) is 0 Å². The Morgan fingerprint density at radius 2 is 2.27 bits per heavy atom. The quantitative estimate of drug-likeness (QED) is 0.643. The predicted octanol–water partition coefficient (Wildman–Crippen LogP) is -0.240. The molecule has 0 saturated carbocycles. The number of ether oxygens (including phenoxy) is 1. The van der Waals surface area contributed by atoms with Gasteiger partial charge in [0.15, 0.2) is 0 Å². The summed E-state index contributed by atoms with van der Waals surface area (Å²) >= 11 is 0. The third kappa shape index (κ3) is 2.92. The Morgan fingerprint density at radius 3 is 2.87 bits per heavy atom. The van der Waals surface area contributed by atoms with Gasteiger partial charge in [0.1, 0.15) is 6.04 Å². The van der Waals surface area contributed by atoms with Crippen LogP contribution in [0.15, 0.2) is 0 Å². The smallest absolute Gasteiger partial charge is 0.243 e. The zero-order chi connectivity index (χ0) is 11.3. The first-order valence-electron chi connectivity index (χ1n) is 5.26. The minimum Gasteiger partial charge on any atom is -0.385 e. The molecule has 5 nitrogen and oxygen atoms in total. The zero-order valence-electron chi connectivity index (χ0n) is 9.28. The third-order valence-corrected chi connectivity index (χ3v) is 2.55. The molecule has 2 amide bonds. The highest BCUT2D eigenvalue weighted by molar-refractivity contribution is 5.94. The number of amides is 2. The molecular formula is C10H18N2O3. The van der Waals surface area contributed by atoms with Crippen LogP contribution in [0.4, 0.5) is 0 Å². The Kier molecular flexibility index (Phi) is 4.55. The molecule has 15 heavy (non-hydrogen) atoms. The summed E-state index contributed by atoms with van der Waals surface area (Å²) in [5.41, 5.74) is 0. The van der Waals surface area contributed by atoms with Gasteiger partial charge in [-0.05, 0) is 12.8 Å². The number of piperazine rings is 1. The number of carbonyl (C=O) groups is 2. The molecule has 0 aromatic carbocycles. The normalized spacial score (nSPS) is 21.7. The van der Waals surface area contributed by atoms with Crippen molar-refractivity contribution in [2.24, 2.45) is 0 Å². The van der Waals surface area contributed by atoms with Crippen LogP contribution in [0.1, 0.15) is 19.8 Å². The van der Waals surface area contributed by atoms with Gasteiger partial charge >= 0.3 is 0 Å². The predicted molar refractivity (Wildman–Crippen MR) is 55.3 cm³/mol. The average molecular weight is 214 g/mol. The van der Waals surface area contributed by atoms with Crippen molar-refractivity contribution in [3.8, 4) is 0 Å². The molecule has 1 saturated heterocycles. The molecule has 0 spiro atoms. The van der Waals surface area contributed by atoms with E-state index in [1.165, 1.54) is 0 Å². The van der Waals surface area contributed by atoms with Crippen molar-refractivity contribution in [2.45, 2.75) is 25.8 Å². The lowest BCUT2D eigenvalue weighted by Gasteiger charge is -2.34. The van der Waals surface area contributed by atoms with Gasteiger partial charge in [0.2, 0.25) is 11.8 Å². The van der Waals surface area contributed by atoms with Crippen molar-refractivity contribution in [2.75, 3.05) is 26.8 Å². The molecular weight excluding hydrogens is 196 g/mol. The SMILES string of the molecule is CCC1C(=O)NCC(=O)N1CCCOC. The summed E-state index contributed by atoms with van der Waals surface area (Å²) in [5.74, 6) is -0.0490. The second-order valence-electron chi connectivity index (χ2n) is 3.58. The number of methoxy groups -OCH3 is 1. The molecule has 0 bridgehead atoms. The van der Waals surface area contributed by atoms with E-state index >= 15 is 0 Å². The summed E-state index contributed by atoms with van der Waals surface area (Å²) in [6, 6.07) is -0.303. The number of hydrogen-bond donors (Lipinski definition) is 1. The molecule has 1 unspecified atom stereocenters. The highest BCUT2D eigenvalue weighted by Gasteiger charge is 2.32. The van der Waals surface area contributed by atoms with Gasteiger partial charge in [0, 0.05) is 20.3 Å². The van der Waals surface area contributed by atoms with Gasteiger partial charge in [-0.2, -0.15) is 0 Å². The van der Waals surface area contributed by atoms with Gasteiger partial charge in [-0.1, -0.05) is 6.92 Å². The van der Waals surface area contributed by atoms with E-state index in [0.717, 1.165) is 6.42 Å². The van der Waals surface area contributed by atoms with Gasteiger partial charge in [0.05, 0.1) is 6.54 Å². The van der Waals surface area contributed by atoms with E-state index in [1.807, 2.05) is 6.92 Å². The van der Waals surface area contributed by atoms with Crippen molar-refractivity contribution in [1.82, 2.24) is 10.2 Å². The standard InChI is InChI=1S/C10H18N2O3/c1-3-8-10(14)11-7-9(13)12(8)5-4-6-15-2/h8H,3-7H2,1-2H3,(H,11,14). The van der Waals surface area contributed by atoms with Crippen LogP contribution in [0.5, 0.6) is 0 Å². The summed E-state index contributed by atoms with van der Waals surface area (Å²) in [7, 11) is 1.63. The monoisotopic (exact) mass is 214 g/mol. The number of carbonyl (C=O) groups excluding carboxylic acids is 2. The van der Waals surface area contributed by atoms with Crippen molar-refractivity contribution < 1.29 is 14.3 Å². The fraction of sp³-hybridized carbons (Fsp3) is 0.800. The van der Waals surface area contributed by atoms with Crippen molar-refractivity contribution in [3.63, 3.8) is 0 Å². The number of hydrogen-bond acceptors (Lipinski definition) is 3. The Hall–Kier alpha value is -1.10. The zero-order valence-corrected chi connectivity index (χ0v) is 9.28. The lowest BCUT2D eigenvalue weighted by atomic mass is 10.1. The molecule has 1 atom stereocenters. The van der Waals surface area contributed by atoms with Gasteiger partial charge in [-0.25, -0.2) is 0 Å². The van der Waals surface area contributed by atoms with E-state index in [0.29, 0.717) is 19.6 Å². The second-order valence-corrected chi connectivity index (χ2v) is 3.58. The Bertz CT molecular complexity index is 243. The van der Waals surface area contributed by atoms with Crippen LogP contribution in [-0.2, 0) is 14.3 Å². The number of nitrogens with one attached hydrogen (secondary N) is 1. The average Bonchev–Trinajstić information content (AvgIpc) is 2.23. The molecule has 1 heterocycles. The summed E-state index contributed by atoms with van der Waals surface area (Å²) in [4.78, 5) is 24.7. The first kappa shape index (κ1) is 12.0. The van der Waals surface area contributed by atoms with E-state index in [1.54, 1.807) is 12.0 Å². The molecule has 1 aliphatic rings. The lowest BCUT2D eigenvalue weighted by Crippen LogP contribution is -2.58. The molecule has 1 rings (SSSR count). The Balaban J connectivity index is 2.54. The second kappa shape index (κ2) is 5.70. The van der Waals surface area contributed by atoms with Crippen LogP contribution < -0.4 is 5.32 Å².